The third kappa shape index (κ3) is 1.88. The highest BCUT2D eigenvalue weighted by molar-refractivity contribution is 6.30. The molecule has 2 aliphatic heterocycles. The van der Waals surface area contributed by atoms with Crippen molar-refractivity contribution >= 4 is 9.76 Å². The SMILES string of the molecule is O[SiH2]C1(CC2CO2)CCCCO1. The molecule has 0 spiro atoms. The minimum absolute atomic E-state index is 0.126. The zero-order valence-corrected chi connectivity index (χ0v) is 8.71. The summed E-state index contributed by atoms with van der Waals surface area (Å²) in [6.07, 6.45) is 4.75. The second-order valence-electron chi connectivity index (χ2n) is 3.81. The molecule has 12 heavy (non-hydrogen) atoms. The standard InChI is InChI=1S/C8H16O3Si/c9-12-8(5-7-6-10-7)3-1-2-4-11-8/h7,9H,1-6,12H2. The van der Waals surface area contributed by atoms with Crippen molar-refractivity contribution in [3.05, 3.63) is 0 Å². The van der Waals surface area contributed by atoms with Gasteiger partial charge in [-0.1, -0.05) is 0 Å². The van der Waals surface area contributed by atoms with Crippen molar-refractivity contribution in [2.45, 2.75) is 37.0 Å². The van der Waals surface area contributed by atoms with Crippen molar-refractivity contribution < 1.29 is 14.3 Å². The molecule has 0 radical (unpaired) electrons. The highest BCUT2D eigenvalue weighted by Gasteiger charge is 2.39. The third-order valence-corrected chi connectivity index (χ3v) is 4.15. The molecule has 2 atom stereocenters. The average Bonchev–Trinajstić information content (AvgIpc) is 2.90. The van der Waals surface area contributed by atoms with Crippen LogP contribution in [0, 0.1) is 0 Å². The molecular formula is C8H16O3Si. The topological polar surface area (TPSA) is 42.0 Å². The van der Waals surface area contributed by atoms with Gasteiger partial charge in [0.1, 0.15) is 0 Å². The molecule has 0 aromatic heterocycles. The van der Waals surface area contributed by atoms with Crippen molar-refractivity contribution in [2.24, 2.45) is 0 Å². The molecule has 0 amide bonds. The Hall–Kier alpha value is 0.0969. The molecule has 0 saturated carbocycles. The third-order valence-electron chi connectivity index (χ3n) is 2.73. The first kappa shape index (κ1) is 8.68. The summed E-state index contributed by atoms with van der Waals surface area (Å²) in [6.45, 7) is 1.71. The molecule has 3 nitrogen and oxygen atoms in total. The summed E-state index contributed by atoms with van der Waals surface area (Å²) in [7, 11) is -1.04. The van der Waals surface area contributed by atoms with E-state index in [-0.39, 0.29) is 5.22 Å². The Labute approximate surface area is 75.0 Å². The van der Waals surface area contributed by atoms with Crippen molar-refractivity contribution in [1.29, 1.82) is 0 Å². The predicted octanol–water partition coefficient (Wildman–Crippen LogP) is -0.252. The Kier molecular flexibility index (Phi) is 2.50. The molecule has 2 unspecified atom stereocenters. The number of ether oxygens (including phenoxy) is 2. The summed E-state index contributed by atoms with van der Waals surface area (Å²) >= 11 is 0. The Balaban J connectivity index is 1.90. The van der Waals surface area contributed by atoms with E-state index in [1.165, 1.54) is 6.42 Å². The van der Waals surface area contributed by atoms with Gasteiger partial charge >= 0.3 is 0 Å². The molecule has 0 aromatic carbocycles. The van der Waals surface area contributed by atoms with Crippen LogP contribution in [0.2, 0.25) is 0 Å². The lowest BCUT2D eigenvalue weighted by Crippen LogP contribution is -2.43. The quantitative estimate of drug-likeness (QED) is 0.490. The van der Waals surface area contributed by atoms with Crippen LogP contribution in [0.4, 0.5) is 0 Å². The number of hydrogen-bond acceptors (Lipinski definition) is 3. The van der Waals surface area contributed by atoms with E-state index >= 15 is 0 Å². The van der Waals surface area contributed by atoms with Crippen molar-refractivity contribution in [3.8, 4) is 0 Å². The fraction of sp³-hybridized carbons (Fsp3) is 1.00. The minimum Gasteiger partial charge on any atom is -0.435 e. The Morgan fingerprint density at radius 3 is 2.83 bits per heavy atom. The van der Waals surface area contributed by atoms with Crippen LogP contribution >= 0.6 is 0 Å². The summed E-state index contributed by atoms with van der Waals surface area (Å²) < 4.78 is 10.9. The van der Waals surface area contributed by atoms with Crippen LogP contribution in [0.25, 0.3) is 0 Å². The van der Waals surface area contributed by atoms with E-state index < -0.39 is 9.76 Å². The van der Waals surface area contributed by atoms with Gasteiger partial charge in [-0.15, -0.1) is 0 Å². The minimum atomic E-state index is -1.04. The lowest BCUT2D eigenvalue weighted by molar-refractivity contribution is -0.0354. The summed E-state index contributed by atoms with van der Waals surface area (Å²) in [4.78, 5) is 9.38. The molecule has 0 aliphatic carbocycles. The van der Waals surface area contributed by atoms with Gasteiger partial charge in [0.25, 0.3) is 0 Å². The molecular weight excluding hydrogens is 172 g/mol. The maximum atomic E-state index is 9.38. The zero-order chi connectivity index (χ0) is 8.44. The molecule has 70 valence electrons. The van der Waals surface area contributed by atoms with Gasteiger partial charge in [-0.3, -0.25) is 0 Å². The van der Waals surface area contributed by atoms with E-state index in [4.69, 9.17) is 9.47 Å². The van der Waals surface area contributed by atoms with Crippen LogP contribution in [0.1, 0.15) is 25.7 Å². The summed E-state index contributed by atoms with van der Waals surface area (Å²) in [5.74, 6) is 0. The molecule has 4 heteroatoms. The Bertz CT molecular complexity index is 152. The second-order valence-corrected chi connectivity index (χ2v) is 5.41. The molecule has 1 N–H and O–H groups in total. The first-order chi connectivity index (χ1) is 5.85. The van der Waals surface area contributed by atoms with E-state index in [2.05, 4.69) is 0 Å². The summed E-state index contributed by atoms with van der Waals surface area (Å²) in [5.41, 5.74) is 0. The smallest absolute Gasteiger partial charge is 0.189 e. The molecule has 0 aromatic rings. The fourth-order valence-electron chi connectivity index (χ4n) is 1.86. The maximum Gasteiger partial charge on any atom is 0.189 e. The first-order valence-electron chi connectivity index (χ1n) is 4.71. The monoisotopic (exact) mass is 188 g/mol. The van der Waals surface area contributed by atoms with Crippen LogP contribution in [0.15, 0.2) is 0 Å². The maximum absolute atomic E-state index is 9.38. The molecule has 2 aliphatic rings. The number of epoxide rings is 1. The Morgan fingerprint density at radius 1 is 1.50 bits per heavy atom. The Morgan fingerprint density at radius 2 is 2.33 bits per heavy atom. The van der Waals surface area contributed by atoms with Crippen molar-refractivity contribution in [3.63, 3.8) is 0 Å². The summed E-state index contributed by atoms with van der Waals surface area (Å²) in [5, 5.41) is -0.126. The van der Waals surface area contributed by atoms with E-state index in [1.54, 1.807) is 0 Å². The van der Waals surface area contributed by atoms with Gasteiger partial charge in [-0.2, -0.15) is 0 Å². The van der Waals surface area contributed by atoms with Gasteiger partial charge in [-0.05, 0) is 19.3 Å². The van der Waals surface area contributed by atoms with Crippen LogP contribution in [-0.4, -0.2) is 39.1 Å². The van der Waals surface area contributed by atoms with Crippen LogP contribution in [0.5, 0.6) is 0 Å². The van der Waals surface area contributed by atoms with E-state index in [0.717, 1.165) is 32.5 Å². The second kappa shape index (κ2) is 3.45. The average molecular weight is 188 g/mol. The van der Waals surface area contributed by atoms with Gasteiger partial charge in [0.05, 0.1) is 17.9 Å². The first-order valence-corrected chi connectivity index (χ1v) is 6.05. The normalized spacial score (nSPS) is 42.2. The van der Waals surface area contributed by atoms with Crippen molar-refractivity contribution in [2.75, 3.05) is 13.2 Å². The highest BCUT2D eigenvalue weighted by Crippen LogP contribution is 2.32. The predicted molar refractivity (Wildman–Crippen MR) is 47.7 cm³/mol. The van der Waals surface area contributed by atoms with Crippen LogP contribution in [-0.2, 0) is 9.47 Å². The number of hydrogen-bond donors (Lipinski definition) is 1. The molecule has 2 fully saturated rings. The largest absolute Gasteiger partial charge is 0.435 e. The van der Waals surface area contributed by atoms with Crippen LogP contribution in [0.3, 0.4) is 0 Å². The summed E-state index contributed by atoms with van der Waals surface area (Å²) in [6, 6.07) is 0. The lowest BCUT2D eigenvalue weighted by atomic mass is 10.0. The molecule has 2 heterocycles. The zero-order valence-electron chi connectivity index (χ0n) is 7.29. The van der Waals surface area contributed by atoms with Gasteiger partial charge in [0.2, 0.25) is 0 Å². The fourth-order valence-corrected chi connectivity index (χ4v) is 2.96. The highest BCUT2D eigenvalue weighted by atomic mass is 28.2. The van der Waals surface area contributed by atoms with Gasteiger partial charge in [0.15, 0.2) is 9.76 Å². The van der Waals surface area contributed by atoms with Crippen molar-refractivity contribution in [1.82, 2.24) is 0 Å². The molecule has 2 saturated heterocycles. The molecule has 2 rings (SSSR count). The van der Waals surface area contributed by atoms with E-state index in [1.807, 2.05) is 0 Å². The van der Waals surface area contributed by atoms with Gasteiger partial charge in [-0.25, -0.2) is 0 Å². The number of rotatable bonds is 3. The lowest BCUT2D eigenvalue weighted by Gasteiger charge is -2.34. The molecule has 0 bridgehead atoms. The van der Waals surface area contributed by atoms with Gasteiger partial charge < -0.3 is 14.3 Å². The van der Waals surface area contributed by atoms with Gasteiger partial charge in [0, 0.05) is 13.0 Å². The van der Waals surface area contributed by atoms with E-state index in [0.29, 0.717) is 6.10 Å². The van der Waals surface area contributed by atoms with E-state index in [9.17, 15) is 4.80 Å². The van der Waals surface area contributed by atoms with Crippen LogP contribution < -0.4 is 0 Å².